The van der Waals surface area contributed by atoms with Gasteiger partial charge in [-0.05, 0) is 12.8 Å². The van der Waals surface area contributed by atoms with Gasteiger partial charge in [0.2, 0.25) is 0 Å². The van der Waals surface area contributed by atoms with Crippen molar-refractivity contribution in [2.45, 2.75) is 25.0 Å². The number of aliphatic carboxylic acids is 1. The highest BCUT2D eigenvalue weighted by molar-refractivity contribution is 5.72. The molecule has 0 saturated carbocycles. The molecule has 1 saturated heterocycles. The van der Waals surface area contributed by atoms with Crippen molar-refractivity contribution in [1.29, 1.82) is 5.26 Å². The number of carboxylic acids is 1. The lowest BCUT2D eigenvalue weighted by atomic mass is 10.2. The van der Waals surface area contributed by atoms with Gasteiger partial charge in [-0.15, -0.1) is 0 Å². The Labute approximate surface area is 103 Å². The van der Waals surface area contributed by atoms with E-state index in [1.165, 1.54) is 12.4 Å². The van der Waals surface area contributed by atoms with Gasteiger partial charge in [-0.25, -0.2) is 14.8 Å². The Kier molecular flexibility index (Phi) is 3.69. The molecular formula is C11H12N4O3. The van der Waals surface area contributed by atoms with E-state index in [2.05, 4.69) is 15.3 Å². The molecule has 0 spiro atoms. The van der Waals surface area contributed by atoms with Crippen LogP contribution in [0.25, 0.3) is 0 Å². The van der Waals surface area contributed by atoms with Gasteiger partial charge < -0.3 is 15.2 Å². The van der Waals surface area contributed by atoms with Crippen molar-refractivity contribution in [3.05, 3.63) is 18.1 Å². The van der Waals surface area contributed by atoms with Crippen molar-refractivity contribution >= 4 is 11.8 Å². The fraction of sp³-hybridized carbons (Fsp3) is 0.455. The first kappa shape index (κ1) is 12.3. The molecule has 2 unspecified atom stereocenters. The van der Waals surface area contributed by atoms with E-state index < -0.39 is 12.1 Å². The summed E-state index contributed by atoms with van der Waals surface area (Å²) < 4.78 is 5.33. The number of rotatable bonds is 4. The number of carboxylic acid groups (broad SMARTS) is 1. The molecule has 0 radical (unpaired) electrons. The van der Waals surface area contributed by atoms with Crippen LogP contribution in [0.4, 0.5) is 5.82 Å². The highest BCUT2D eigenvalue weighted by Crippen LogP contribution is 2.20. The lowest BCUT2D eigenvalue weighted by molar-refractivity contribution is -0.149. The average Bonchev–Trinajstić information content (AvgIpc) is 2.86. The molecule has 94 valence electrons. The predicted molar refractivity (Wildman–Crippen MR) is 60.8 cm³/mol. The summed E-state index contributed by atoms with van der Waals surface area (Å²) in [6.45, 7) is 0.477. The number of nitrogens with zero attached hydrogens (tertiary/aromatic N) is 3. The van der Waals surface area contributed by atoms with E-state index in [0.29, 0.717) is 25.2 Å². The van der Waals surface area contributed by atoms with E-state index in [0.717, 1.165) is 0 Å². The minimum atomic E-state index is -0.921. The number of aromatic nitrogens is 2. The van der Waals surface area contributed by atoms with E-state index in [1.54, 1.807) is 0 Å². The molecule has 7 nitrogen and oxygen atoms in total. The van der Waals surface area contributed by atoms with Crippen molar-refractivity contribution in [3.63, 3.8) is 0 Å². The van der Waals surface area contributed by atoms with E-state index in [4.69, 9.17) is 15.1 Å². The van der Waals surface area contributed by atoms with Crippen LogP contribution in [0.1, 0.15) is 18.5 Å². The summed E-state index contributed by atoms with van der Waals surface area (Å²) in [6.07, 6.45) is 3.22. The molecule has 2 N–H and O–H groups in total. The van der Waals surface area contributed by atoms with Crippen LogP contribution in [0.2, 0.25) is 0 Å². The lowest BCUT2D eigenvalue weighted by Crippen LogP contribution is -2.24. The first-order valence-corrected chi connectivity index (χ1v) is 5.53. The fourth-order valence-electron chi connectivity index (χ4n) is 1.73. The lowest BCUT2D eigenvalue weighted by Gasteiger charge is -2.12. The number of hydrogen-bond donors (Lipinski definition) is 2. The summed E-state index contributed by atoms with van der Waals surface area (Å²) >= 11 is 0. The molecule has 2 heterocycles. The third-order valence-electron chi connectivity index (χ3n) is 2.66. The second-order valence-electron chi connectivity index (χ2n) is 3.94. The molecule has 1 aliphatic rings. The van der Waals surface area contributed by atoms with Crippen molar-refractivity contribution < 1.29 is 14.6 Å². The molecule has 1 aromatic heterocycles. The molecule has 18 heavy (non-hydrogen) atoms. The zero-order valence-corrected chi connectivity index (χ0v) is 9.54. The number of carbonyl (C=O) groups is 1. The predicted octanol–water partition coefficient (Wildman–Crippen LogP) is 0.392. The number of anilines is 1. The second kappa shape index (κ2) is 5.42. The molecule has 1 aliphatic heterocycles. The van der Waals surface area contributed by atoms with Crippen LogP contribution >= 0.6 is 0 Å². The zero-order valence-electron chi connectivity index (χ0n) is 9.54. The SMILES string of the molecule is N#Cc1cnc(NCC2CCC(C(=O)O)O2)cn1. The van der Waals surface area contributed by atoms with Crippen molar-refractivity contribution in [2.24, 2.45) is 0 Å². The minimum Gasteiger partial charge on any atom is -0.479 e. The Balaban J connectivity index is 1.82. The third kappa shape index (κ3) is 2.93. The van der Waals surface area contributed by atoms with Crippen LogP contribution in [0.5, 0.6) is 0 Å². The van der Waals surface area contributed by atoms with Gasteiger partial charge in [-0.3, -0.25) is 0 Å². The van der Waals surface area contributed by atoms with E-state index in [-0.39, 0.29) is 11.8 Å². The van der Waals surface area contributed by atoms with Gasteiger partial charge in [0.1, 0.15) is 11.9 Å². The normalized spacial score (nSPS) is 22.4. The molecule has 2 rings (SSSR count). The Hall–Kier alpha value is -2.20. The number of nitriles is 1. The molecule has 1 aromatic rings. The molecule has 7 heteroatoms. The molecule has 1 fully saturated rings. The average molecular weight is 248 g/mol. The highest BCUT2D eigenvalue weighted by Gasteiger charge is 2.30. The van der Waals surface area contributed by atoms with Gasteiger partial charge in [-0.2, -0.15) is 5.26 Å². The molecule has 0 bridgehead atoms. The Morgan fingerprint density at radius 3 is 2.94 bits per heavy atom. The quantitative estimate of drug-likeness (QED) is 0.793. The van der Waals surface area contributed by atoms with Gasteiger partial charge in [0.25, 0.3) is 0 Å². The van der Waals surface area contributed by atoms with Gasteiger partial charge in [-0.1, -0.05) is 0 Å². The number of hydrogen-bond acceptors (Lipinski definition) is 6. The van der Waals surface area contributed by atoms with Crippen LogP contribution in [0.3, 0.4) is 0 Å². The Bertz CT molecular complexity index is 468. The van der Waals surface area contributed by atoms with Crippen molar-refractivity contribution in [1.82, 2.24) is 9.97 Å². The third-order valence-corrected chi connectivity index (χ3v) is 2.66. The largest absolute Gasteiger partial charge is 0.479 e. The van der Waals surface area contributed by atoms with Crippen molar-refractivity contribution in [3.8, 4) is 6.07 Å². The Morgan fingerprint density at radius 1 is 1.56 bits per heavy atom. The van der Waals surface area contributed by atoms with Gasteiger partial charge in [0.15, 0.2) is 11.8 Å². The van der Waals surface area contributed by atoms with E-state index in [9.17, 15) is 4.79 Å². The number of ether oxygens (including phenoxy) is 1. The van der Waals surface area contributed by atoms with Gasteiger partial charge in [0.05, 0.1) is 18.5 Å². The number of nitrogens with one attached hydrogen (secondary N) is 1. The molecule has 0 aliphatic carbocycles. The van der Waals surface area contributed by atoms with Gasteiger partial charge in [0, 0.05) is 6.54 Å². The van der Waals surface area contributed by atoms with Crippen LogP contribution in [0.15, 0.2) is 12.4 Å². The Morgan fingerprint density at radius 2 is 2.39 bits per heavy atom. The van der Waals surface area contributed by atoms with Crippen molar-refractivity contribution in [2.75, 3.05) is 11.9 Å². The standard InChI is InChI=1S/C11H12N4O3/c12-3-7-4-14-10(6-13-7)15-5-8-1-2-9(18-8)11(16)17/h4,6,8-9H,1-2,5H2,(H,14,15)(H,16,17). The van der Waals surface area contributed by atoms with Crippen LogP contribution in [0, 0.1) is 11.3 Å². The summed E-state index contributed by atoms with van der Waals surface area (Å²) in [5, 5.41) is 20.3. The molecule has 0 aromatic carbocycles. The minimum absolute atomic E-state index is 0.136. The molecular weight excluding hydrogens is 236 g/mol. The fourth-order valence-corrected chi connectivity index (χ4v) is 1.73. The second-order valence-corrected chi connectivity index (χ2v) is 3.94. The maximum absolute atomic E-state index is 10.7. The first-order chi connectivity index (χ1) is 8.69. The summed E-state index contributed by atoms with van der Waals surface area (Å²) in [5.41, 5.74) is 0.253. The van der Waals surface area contributed by atoms with Crippen LogP contribution in [-0.4, -0.2) is 39.8 Å². The topological polar surface area (TPSA) is 108 Å². The first-order valence-electron chi connectivity index (χ1n) is 5.53. The summed E-state index contributed by atoms with van der Waals surface area (Å²) in [5.74, 6) is -0.382. The summed E-state index contributed by atoms with van der Waals surface area (Å²) in [6, 6.07) is 1.88. The summed E-state index contributed by atoms with van der Waals surface area (Å²) in [4.78, 5) is 18.6. The van der Waals surface area contributed by atoms with Gasteiger partial charge >= 0.3 is 5.97 Å². The van der Waals surface area contributed by atoms with Crippen LogP contribution < -0.4 is 5.32 Å². The highest BCUT2D eigenvalue weighted by atomic mass is 16.5. The molecule has 0 amide bonds. The van der Waals surface area contributed by atoms with Crippen LogP contribution in [-0.2, 0) is 9.53 Å². The summed E-state index contributed by atoms with van der Waals surface area (Å²) in [7, 11) is 0. The molecule has 2 atom stereocenters. The van der Waals surface area contributed by atoms with E-state index in [1.807, 2.05) is 6.07 Å². The smallest absolute Gasteiger partial charge is 0.332 e. The monoisotopic (exact) mass is 248 g/mol. The zero-order chi connectivity index (χ0) is 13.0. The maximum atomic E-state index is 10.7. The maximum Gasteiger partial charge on any atom is 0.332 e. The van der Waals surface area contributed by atoms with E-state index >= 15 is 0 Å².